The zero-order valence-corrected chi connectivity index (χ0v) is 16.5. The number of halogens is 1. The van der Waals surface area contributed by atoms with Crippen molar-refractivity contribution < 1.29 is 0 Å². The Bertz CT molecular complexity index is 528. The predicted octanol–water partition coefficient (Wildman–Crippen LogP) is 3.02. The normalized spacial score (nSPS) is 18.2. The summed E-state index contributed by atoms with van der Waals surface area (Å²) in [5.74, 6) is 1.83. The number of aliphatic imine (C=N–C) groups is 1. The lowest BCUT2D eigenvalue weighted by Crippen LogP contribution is -2.40. The van der Waals surface area contributed by atoms with E-state index in [4.69, 9.17) is 4.99 Å². The molecule has 0 spiro atoms. The summed E-state index contributed by atoms with van der Waals surface area (Å²) in [6.45, 7) is 8.31. The standard InChI is InChI=1S/C18H28N4.HI/c1-3-19-18(21-13-15-8-9-15)20-12-14(2)22-11-10-16-6-4-5-7-17(16)22;/h4-7,14-15H,3,8-13H2,1-2H3,(H2,19,20,21);1H. The van der Waals surface area contributed by atoms with Crippen LogP contribution in [-0.2, 0) is 6.42 Å². The Morgan fingerprint density at radius 1 is 1.30 bits per heavy atom. The number of hydrogen-bond donors (Lipinski definition) is 2. The summed E-state index contributed by atoms with van der Waals surface area (Å²) in [6, 6.07) is 9.18. The summed E-state index contributed by atoms with van der Waals surface area (Å²) in [5.41, 5.74) is 2.86. The largest absolute Gasteiger partial charge is 0.366 e. The number of fused-ring (bicyclic) bond motifs is 1. The molecule has 1 aromatic carbocycles. The molecule has 1 unspecified atom stereocenters. The third-order valence-electron chi connectivity index (χ3n) is 4.57. The van der Waals surface area contributed by atoms with E-state index in [1.165, 1.54) is 24.1 Å². The van der Waals surface area contributed by atoms with Crippen LogP contribution in [0.15, 0.2) is 29.3 Å². The molecular weight excluding hydrogens is 399 g/mol. The fourth-order valence-electron chi connectivity index (χ4n) is 3.05. The first-order valence-electron chi connectivity index (χ1n) is 8.64. The number of anilines is 1. The Kier molecular flexibility index (Phi) is 6.99. The third-order valence-corrected chi connectivity index (χ3v) is 4.57. The lowest BCUT2D eigenvalue weighted by molar-refractivity contribution is 0.655. The second kappa shape index (κ2) is 8.76. The average Bonchev–Trinajstić information content (AvgIpc) is 3.27. The first-order valence-corrected chi connectivity index (χ1v) is 8.64. The smallest absolute Gasteiger partial charge is 0.191 e. The van der Waals surface area contributed by atoms with Crippen LogP contribution in [0.2, 0.25) is 0 Å². The van der Waals surface area contributed by atoms with Crippen LogP contribution in [-0.4, -0.2) is 38.2 Å². The van der Waals surface area contributed by atoms with E-state index in [-0.39, 0.29) is 24.0 Å². The molecule has 0 aromatic heterocycles. The quantitative estimate of drug-likeness (QED) is 0.416. The summed E-state index contributed by atoms with van der Waals surface area (Å²) in [7, 11) is 0. The zero-order chi connectivity index (χ0) is 15.4. The number of nitrogens with one attached hydrogen (secondary N) is 2. The highest BCUT2D eigenvalue weighted by Crippen LogP contribution is 2.29. The topological polar surface area (TPSA) is 39.7 Å². The van der Waals surface area contributed by atoms with Crippen LogP contribution in [0.4, 0.5) is 5.69 Å². The number of rotatable bonds is 6. The minimum Gasteiger partial charge on any atom is -0.366 e. The predicted molar refractivity (Wildman–Crippen MR) is 109 cm³/mol. The van der Waals surface area contributed by atoms with Crippen LogP contribution in [0, 0.1) is 5.92 Å². The Hall–Kier alpha value is -0.980. The van der Waals surface area contributed by atoms with Crippen molar-refractivity contribution in [3.8, 4) is 0 Å². The van der Waals surface area contributed by atoms with Gasteiger partial charge in [0.15, 0.2) is 5.96 Å². The van der Waals surface area contributed by atoms with Gasteiger partial charge in [0.1, 0.15) is 0 Å². The average molecular weight is 428 g/mol. The van der Waals surface area contributed by atoms with E-state index in [2.05, 4.69) is 53.6 Å². The SMILES string of the molecule is CCNC(=NCC(C)N1CCc2ccccc21)NCC1CC1.I. The number of para-hydroxylation sites is 1. The minimum absolute atomic E-state index is 0. The molecule has 0 radical (unpaired) electrons. The molecule has 4 nitrogen and oxygen atoms in total. The summed E-state index contributed by atoms with van der Waals surface area (Å²) in [6.07, 6.45) is 3.89. The van der Waals surface area contributed by atoms with Crippen LogP contribution in [0.1, 0.15) is 32.3 Å². The summed E-state index contributed by atoms with van der Waals surface area (Å²) >= 11 is 0. The number of nitrogens with zero attached hydrogens (tertiary/aromatic N) is 2. The van der Waals surface area contributed by atoms with Gasteiger partial charge < -0.3 is 15.5 Å². The molecule has 1 heterocycles. The first-order chi connectivity index (χ1) is 10.8. The van der Waals surface area contributed by atoms with Gasteiger partial charge >= 0.3 is 0 Å². The van der Waals surface area contributed by atoms with E-state index in [1.807, 2.05) is 0 Å². The number of benzene rings is 1. The van der Waals surface area contributed by atoms with Gasteiger partial charge in [-0.3, -0.25) is 4.99 Å². The lowest BCUT2D eigenvalue weighted by Gasteiger charge is -2.26. The van der Waals surface area contributed by atoms with Crippen molar-refractivity contribution >= 4 is 35.6 Å². The van der Waals surface area contributed by atoms with Gasteiger partial charge in [0, 0.05) is 31.4 Å². The molecule has 1 saturated carbocycles. The highest BCUT2D eigenvalue weighted by molar-refractivity contribution is 14.0. The van der Waals surface area contributed by atoms with E-state index >= 15 is 0 Å². The van der Waals surface area contributed by atoms with E-state index in [1.54, 1.807) is 0 Å². The monoisotopic (exact) mass is 428 g/mol. The summed E-state index contributed by atoms with van der Waals surface area (Å²) in [5, 5.41) is 6.82. The van der Waals surface area contributed by atoms with Gasteiger partial charge in [-0.1, -0.05) is 18.2 Å². The lowest BCUT2D eigenvalue weighted by atomic mass is 10.2. The second-order valence-corrected chi connectivity index (χ2v) is 6.47. The highest BCUT2D eigenvalue weighted by Gasteiger charge is 2.23. The summed E-state index contributed by atoms with van der Waals surface area (Å²) < 4.78 is 0. The van der Waals surface area contributed by atoms with Crippen LogP contribution in [0.25, 0.3) is 0 Å². The van der Waals surface area contributed by atoms with E-state index in [0.717, 1.165) is 44.5 Å². The number of guanidine groups is 1. The molecule has 0 bridgehead atoms. The van der Waals surface area contributed by atoms with Gasteiger partial charge in [-0.05, 0) is 50.7 Å². The van der Waals surface area contributed by atoms with Crippen LogP contribution in [0.3, 0.4) is 0 Å². The fourth-order valence-corrected chi connectivity index (χ4v) is 3.05. The van der Waals surface area contributed by atoms with E-state index in [9.17, 15) is 0 Å². The molecule has 23 heavy (non-hydrogen) atoms. The fraction of sp³-hybridized carbons (Fsp3) is 0.611. The van der Waals surface area contributed by atoms with Crippen LogP contribution >= 0.6 is 24.0 Å². The summed E-state index contributed by atoms with van der Waals surface area (Å²) in [4.78, 5) is 7.27. The minimum atomic E-state index is 0. The van der Waals surface area contributed by atoms with Crippen molar-refractivity contribution in [1.82, 2.24) is 10.6 Å². The first kappa shape index (κ1) is 18.4. The molecule has 0 saturated heterocycles. The molecule has 1 aliphatic heterocycles. The molecule has 1 atom stereocenters. The molecule has 2 aliphatic rings. The molecule has 1 aliphatic carbocycles. The van der Waals surface area contributed by atoms with Crippen molar-refractivity contribution in [2.24, 2.45) is 10.9 Å². The van der Waals surface area contributed by atoms with E-state index < -0.39 is 0 Å². The molecule has 5 heteroatoms. The maximum Gasteiger partial charge on any atom is 0.191 e. The van der Waals surface area contributed by atoms with Crippen molar-refractivity contribution in [3.05, 3.63) is 29.8 Å². The molecular formula is C18H29IN4. The van der Waals surface area contributed by atoms with Crippen molar-refractivity contribution in [1.29, 1.82) is 0 Å². The second-order valence-electron chi connectivity index (χ2n) is 6.47. The van der Waals surface area contributed by atoms with Gasteiger partial charge in [0.05, 0.1) is 6.54 Å². The Morgan fingerprint density at radius 2 is 2.09 bits per heavy atom. The molecule has 3 rings (SSSR count). The Balaban J connectivity index is 0.00000192. The Morgan fingerprint density at radius 3 is 2.83 bits per heavy atom. The van der Waals surface area contributed by atoms with Crippen molar-refractivity contribution in [3.63, 3.8) is 0 Å². The van der Waals surface area contributed by atoms with E-state index in [0.29, 0.717) is 6.04 Å². The van der Waals surface area contributed by atoms with Crippen LogP contribution < -0.4 is 15.5 Å². The molecule has 2 N–H and O–H groups in total. The third kappa shape index (κ3) is 4.99. The maximum atomic E-state index is 4.78. The van der Waals surface area contributed by atoms with Gasteiger partial charge in [-0.15, -0.1) is 24.0 Å². The maximum absolute atomic E-state index is 4.78. The zero-order valence-electron chi connectivity index (χ0n) is 14.2. The van der Waals surface area contributed by atoms with Crippen molar-refractivity contribution in [2.45, 2.75) is 39.2 Å². The molecule has 1 aromatic rings. The van der Waals surface area contributed by atoms with Crippen molar-refractivity contribution in [2.75, 3.05) is 31.1 Å². The van der Waals surface area contributed by atoms with Gasteiger partial charge in [0.25, 0.3) is 0 Å². The van der Waals surface area contributed by atoms with Gasteiger partial charge in [-0.2, -0.15) is 0 Å². The molecule has 128 valence electrons. The van der Waals surface area contributed by atoms with Gasteiger partial charge in [-0.25, -0.2) is 0 Å². The molecule has 1 fully saturated rings. The van der Waals surface area contributed by atoms with Crippen LogP contribution in [0.5, 0.6) is 0 Å². The highest BCUT2D eigenvalue weighted by atomic mass is 127. The molecule has 0 amide bonds. The Labute approximate surface area is 157 Å². The number of hydrogen-bond acceptors (Lipinski definition) is 2. The van der Waals surface area contributed by atoms with Gasteiger partial charge in [0.2, 0.25) is 0 Å².